The third kappa shape index (κ3) is 3.40. The smallest absolute Gasteiger partial charge is 0.127 e. The van der Waals surface area contributed by atoms with Crippen LogP contribution in [0.15, 0.2) is 43.0 Å². The first-order valence-corrected chi connectivity index (χ1v) is 7.07. The molecule has 0 aliphatic carbocycles. The summed E-state index contributed by atoms with van der Waals surface area (Å²) in [6, 6.07) is 8.04. The van der Waals surface area contributed by atoms with Crippen LogP contribution >= 0.6 is 0 Å². The normalized spacial score (nSPS) is 10.3. The predicted molar refractivity (Wildman–Crippen MR) is 88.2 cm³/mol. The third-order valence-electron chi connectivity index (χ3n) is 3.42. The van der Waals surface area contributed by atoms with Crippen molar-refractivity contribution in [1.29, 1.82) is 0 Å². The van der Waals surface area contributed by atoms with Crippen molar-refractivity contribution < 1.29 is 24.4 Å². The lowest BCUT2D eigenvalue weighted by molar-refractivity contribution is 0.146. The number of hydrogen-bond donors (Lipinski definition) is 2. The van der Waals surface area contributed by atoms with Crippen LogP contribution in [0, 0.1) is 0 Å². The number of methoxy groups -OCH3 is 2. The topological polar surface area (TPSA) is 68.2 Å². The molecular weight excluding hydrogens is 296 g/mol. The molecule has 2 rings (SSSR count). The molecule has 0 amide bonds. The quantitative estimate of drug-likeness (QED) is 0.604. The van der Waals surface area contributed by atoms with Crippen molar-refractivity contribution in [2.75, 3.05) is 20.8 Å². The fourth-order valence-corrected chi connectivity index (χ4v) is 2.41. The molecule has 0 aliphatic heterocycles. The molecule has 0 saturated heterocycles. The van der Waals surface area contributed by atoms with E-state index >= 15 is 0 Å². The molecule has 0 heterocycles. The van der Waals surface area contributed by atoms with Gasteiger partial charge in [-0.1, -0.05) is 12.1 Å². The zero-order valence-corrected chi connectivity index (χ0v) is 13.2. The van der Waals surface area contributed by atoms with Crippen molar-refractivity contribution in [3.63, 3.8) is 0 Å². The maximum Gasteiger partial charge on any atom is 0.127 e. The lowest BCUT2D eigenvalue weighted by Gasteiger charge is -2.19. The van der Waals surface area contributed by atoms with Gasteiger partial charge in [-0.25, -0.2) is 0 Å². The highest BCUT2D eigenvalue weighted by atomic mass is 16.5. The van der Waals surface area contributed by atoms with E-state index in [-0.39, 0.29) is 23.7 Å². The van der Waals surface area contributed by atoms with E-state index in [1.54, 1.807) is 31.4 Å². The fraction of sp³-hybridized carbons (Fsp3) is 0.222. The second-order valence-electron chi connectivity index (χ2n) is 4.80. The Balaban J connectivity index is 2.69. The van der Waals surface area contributed by atoms with Crippen molar-refractivity contribution in [2.24, 2.45) is 0 Å². The molecule has 5 heteroatoms. The van der Waals surface area contributed by atoms with Crippen LogP contribution in [0.5, 0.6) is 23.0 Å². The van der Waals surface area contributed by atoms with Gasteiger partial charge in [0.2, 0.25) is 0 Å². The standard InChI is InChI=1S/C18H20O5/c1-4-10-23-11-12-15(21-2)8-9-16(22-3)17(12)18-13(19)6-5-7-14(18)20/h4-9,19-20H,1,10-11H2,2-3H3. The van der Waals surface area contributed by atoms with E-state index in [1.807, 2.05) is 0 Å². The summed E-state index contributed by atoms with van der Waals surface area (Å²) in [5.74, 6) is 0.968. The van der Waals surface area contributed by atoms with Gasteiger partial charge in [-0.3, -0.25) is 0 Å². The Labute approximate surface area is 135 Å². The Morgan fingerprint density at radius 3 is 2.13 bits per heavy atom. The number of phenols is 2. The molecule has 0 unspecified atom stereocenters. The van der Waals surface area contributed by atoms with Crippen LogP contribution in [0.2, 0.25) is 0 Å². The second kappa shape index (κ2) is 7.56. The van der Waals surface area contributed by atoms with Crippen molar-refractivity contribution >= 4 is 0 Å². The minimum absolute atomic E-state index is 0.0541. The van der Waals surface area contributed by atoms with Gasteiger partial charge in [0, 0.05) is 11.1 Å². The summed E-state index contributed by atoms with van der Waals surface area (Å²) in [6.07, 6.45) is 1.64. The molecule has 0 atom stereocenters. The van der Waals surface area contributed by atoms with Gasteiger partial charge in [0.05, 0.1) is 33.0 Å². The van der Waals surface area contributed by atoms with Gasteiger partial charge < -0.3 is 24.4 Å². The van der Waals surface area contributed by atoms with Gasteiger partial charge in [-0.15, -0.1) is 6.58 Å². The summed E-state index contributed by atoms with van der Waals surface area (Å²) in [6.45, 7) is 4.20. The van der Waals surface area contributed by atoms with Gasteiger partial charge in [0.25, 0.3) is 0 Å². The largest absolute Gasteiger partial charge is 0.507 e. The van der Waals surface area contributed by atoms with Crippen molar-refractivity contribution in [2.45, 2.75) is 6.61 Å². The minimum atomic E-state index is -0.0541. The highest BCUT2D eigenvalue weighted by Gasteiger charge is 2.22. The van der Waals surface area contributed by atoms with E-state index in [0.717, 1.165) is 0 Å². The molecule has 0 saturated carbocycles. The molecule has 5 nitrogen and oxygen atoms in total. The lowest BCUT2D eigenvalue weighted by Crippen LogP contribution is -2.02. The Morgan fingerprint density at radius 1 is 0.957 bits per heavy atom. The predicted octanol–water partition coefficient (Wildman–Crippen LogP) is 3.48. The zero-order chi connectivity index (χ0) is 16.8. The SMILES string of the molecule is C=CCOCc1c(OC)ccc(OC)c1-c1c(O)cccc1O. The van der Waals surface area contributed by atoms with Gasteiger partial charge in [0.15, 0.2) is 0 Å². The van der Waals surface area contributed by atoms with E-state index in [2.05, 4.69) is 6.58 Å². The maximum atomic E-state index is 10.2. The average Bonchev–Trinajstić information content (AvgIpc) is 2.55. The number of benzene rings is 2. The third-order valence-corrected chi connectivity index (χ3v) is 3.42. The molecule has 0 spiro atoms. The molecule has 2 aromatic carbocycles. The van der Waals surface area contributed by atoms with E-state index < -0.39 is 0 Å². The lowest BCUT2D eigenvalue weighted by atomic mass is 9.96. The van der Waals surface area contributed by atoms with Crippen LogP contribution < -0.4 is 9.47 Å². The van der Waals surface area contributed by atoms with Crippen molar-refractivity contribution in [3.8, 4) is 34.1 Å². The molecule has 0 aromatic heterocycles. The monoisotopic (exact) mass is 316 g/mol. The van der Waals surface area contributed by atoms with Gasteiger partial charge in [-0.05, 0) is 24.3 Å². The number of aromatic hydroxyl groups is 2. The van der Waals surface area contributed by atoms with Crippen LogP contribution in [-0.2, 0) is 11.3 Å². The summed E-state index contributed by atoms with van der Waals surface area (Å²) in [7, 11) is 3.07. The highest BCUT2D eigenvalue weighted by Crippen LogP contribution is 2.46. The highest BCUT2D eigenvalue weighted by molar-refractivity contribution is 5.84. The van der Waals surface area contributed by atoms with Crippen LogP contribution in [0.4, 0.5) is 0 Å². The summed E-state index contributed by atoms with van der Waals surface area (Å²) in [4.78, 5) is 0. The molecule has 0 aliphatic rings. The van der Waals surface area contributed by atoms with Crippen LogP contribution in [0.3, 0.4) is 0 Å². The molecule has 2 N–H and O–H groups in total. The van der Waals surface area contributed by atoms with Crippen molar-refractivity contribution in [3.05, 3.63) is 48.6 Å². The Bertz CT molecular complexity index is 674. The number of phenolic OH excluding ortho intramolecular Hbond substituents is 2. The number of ether oxygens (including phenoxy) is 3. The Hall–Kier alpha value is -2.66. The molecule has 23 heavy (non-hydrogen) atoms. The molecule has 2 aromatic rings. The Kier molecular flexibility index (Phi) is 5.49. The molecule has 0 fully saturated rings. The van der Waals surface area contributed by atoms with Crippen LogP contribution in [0.25, 0.3) is 11.1 Å². The summed E-state index contributed by atoms with van der Waals surface area (Å²) in [5, 5.41) is 20.4. The summed E-state index contributed by atoms with van der Waals surface area (Å²) < 4.78 is 16.3. The van der Waals surface area contributed by atoms with Crippen molar-refractivity contribution in [1.82, 2.24) is 0 Å². The Morgan fingerprint density at radius 2 is 1.57 bits per heavy atom. The number of rotatable bonds is 7. The molecule has 0 bridgehead atoms. The van der Waals surface area contributed by atoms with Crippen LogP contribution in [0.1, 0.15) is 5.56 Å². The first kappa shape index (κ1) is 16.7. The first-order valence-electron chi connectivity index (χ1n) is 7.07. The zero-order valence-electron chi connectivity index (χ0n) is 13.2. The molecular formula is C18H20O5. The van der Waals surface area contributed by atoms with Gasteiger partial charge >= 0.3 is 0 Å². The number of hydrogen-bond acceptors (Lipinski definition) is 5. The summed E-state index contributed by atoms with van der Waals surface area (Å²) in [5.41, 5.74) is 1.48. The average molecular weight is 316 g/mol. The van der Waals surface area contributed by atoms with Crippen LogP contribution in [-0.4, -0.2) is 31.0 Å². The maximum absolute atomic E-state index is 10.2. The van der Waals surface area contributed by atoms with Gasteiger partial charge in [-0.2, -0.15) is 0 Å². The molecule has 0 radical (unpaired) electrons. The van der Waals surface area contributed by atoms with Gasteiger partial charge in [0.1, 0.15) is 23.0 Å². The fourth-order valence-electron chi connectivity index (χ4n) is 2.41. The first-order chi connectivity index (χ1) is 11.1. The molecule has 122 valence electrons. The second-order valence-corrected chi connectivity index (χ2v) is 4.80. The minimum Gasteiger partial charge on any atom is -0.507 e. The van der Waals surface area contributed by atoms with E-state index in [4.69, 9.17) is 14.2 Å². The van der Waals surface area contributed by atoms with E-state index in [0.29, 0.717) is 29.2 Å². The summed E-state index contributed by atoms with van der Waals surface area (Å²) >= 11 is 0. The van der Waals surface area contributed by atoms with E-state index in [1.165, 1.54) is 19.2 Å². The van der Waals surface area contributed by atoms with E-state index in [9.17, 15) is 10.2 Å².